The second-order valence-electron chi connectivity index (χ2n) is 6.61. The Morgan fingerprint density at radius 2 is 1.58 bits per heavy atom. The summed E-state index contributed by atoms with van der Waals surface area (Å²) < 4.78 is 0.878. The van der Waals surface area contributed by atoms with Crippen LogP contribution in [0.25, 0.3) is 10.9 Å². The van der Waals surface area contributed by atoms with Crippen molar-refractivity contribution in [1.82, 2.24) is 10.0 Å². The maximum absolute atomic E-state index is 10.1. The fraction of sp³-hybridized carbons (Fsp3) is 0.600. The number of para-hydroxylation sites is 1. The van der Waals surface area contributed by atoms with Gasteiger partial charge in [-0.05, 0) is 32.0 Å². The van der Waals surface area contributed by atoms with Gasteiger partial charge in [-0.2, -0.15) is 4.73 Å². The smallest absolute Gasteiger partial charge is 0.229 e. The molecule has 0 aliphatic rings. The van der Waals surface area contributed by atoms with Crippen LogP contribution in [0.2, 0.25) is 0 Å². The van der Waals surface area contributed by atoms with Gasteiger partial charge in [-0.15, -0.1) is 0 Å². The third-order valence-electron chi connectivity index (χ3n) is 4.69. The molecule has 0 spiro atoms. The first-order chi connectivity index (χ1) is 11.8. The lowest BCUT2D eigenvalue weighted by Crippen LogP contribution is -2.18. The van der Waals surface area contributed by atoms with Gasteiger partial charge in [0.25, 0.3) is 0 Å². The van der Waals surface area contributed by atoms with E-state index in [1.807, 2.05) is 24.3 Å². The standard InChI is InChI=1S/C20H32N2O2/c1-2-3-4-5-6-7-8-11-15-21-16-14-18-17-12-9-10-13-19(17)22(24)20(18)23/h9-10,12-13,21,23-24H,2-8,11,14-16H2,1H3. The summed E-state index contributed by atoms with van der Waals surface area (Å²) in [6.45, 7) is 4.09. The minimum absolute atomic E-state index is 0.0370. The zero-order valence-electron chi connectivity index (χ0n) is 14.9. The van der Waals surface area contributed by atoms with Crippen LogP contribution in [0.15, 0.2) is 24.3 Å². The summed E-state index contributed by atoms with van der Waals surface area (Å²) in [6, 6.07) is 7.54. The lowest BCUT2D eigenvalue weighted by atomic mass is 10.1. The van der Waals surface area contributed by atoms with Crippen molar-refractivity contribution in [3.63, 3.8) is 0 Å². The van der Waals surface area contributed by atoms with Crippen LogP contribution in [0.5, 0.6) is 5.88 Å². The number of nitrogens with zero attached hydrogens (tertiary/aromatic N) is 1. The van der Waals surface area contributed by atoms with Gasteiger partial charge in [0.15, 0.2) is 0 Å². The molecule has 0 saturated carbocycles. The summed E-state index contributed by atoms with van der Waals surface area (Å²) in [5.74, 6) is -0.0370. The fourth-order valence-electron chi connectivity index (χ4n) is 3.24. The molecule has 4 heteroatoms. The van der Waals surface area contributed by atoms with Gasteiger partial charge in [-0.25, -0.2) is 0 Å². The van der Waals surface area contributed by atoms with Crippen molar-refractivity contribution < 1.29 is 10.3 Å². The molecule has 24 heavy (non-hydrogen) atoms. The molecule has 0 saturated heterocycles. The molecule has 4 nitrogen and oxygen atoms in total. The van der Waals surface area contributed by atoms with E-state index in [1.54, 1.807) is 0 Å². The normalized spacial score (nSPS) is 11.4. The average Bonchev–Trinajstić information content (AvgIpc) is 2.84. The molecule has 1 aromatic carbocycles. The number of unbranched alkanes of at least 4 members (excludes halogenated alkanes) is 7. The van der Waals surface area contributed by atoms with Crippen LogP contribution in [-0.2, 0) is 6.42 Å². The van der Waals surface area contributed by atoms with Crippen LogP contribution in [-0.4, -0.2) is 28.1 Å². The van der Waals surface area contributed by atoms with Crippen LogP contribution in [0, 0.1) is 0 Å². The Hall–Kier alpha value is -1.68. The number of hydrogen-bond acceptors (Lipinski definition) is 3. The van der Waals surface area contributed by atoms with Gasteiger partial charge in [-0.3, -0.25) is 0 Å². The largest absolute Gasteiger partial charge is 0.492 e. The van der Waals surface area contributed by atoms with Gasteiger partial charge in [0, 0.05) is 10.9 Å². The Labute approximate surface area is 145 Å². The van der Waals surface area contributed by atoms with Gasteiger partial charge < -0.3 is 15.6 Å². The number of hydrogen-bond donors (Lipinski definition) is 3. The summed E-state index contributed by atoms with van der Waals surface area (Å²) in [6.07, 6.45) is 11.4. The van der Waals surface area contributed by atoms with Crippen LogP contribution < -0.4 is 5.32 Å². The molecule has 1 aromatic heterocycles. The quantitative estimate of drug-likeness (QED) is 0.384. The van der Waals surface area contributed by atoms with Crippen LogP contribution in [0.1, 0.15) is 63.9 Å². The van der Waals surface area contributed by atoms with E-state index in [1.165, 1.54) is 51.4 Å². The number of nitrogens with one attached hydrogen (secondary N) is 1. The summed E-state index contributed by atoms with van der Waals surface area (Å²) in [5.41, 5.74) is 1.48. The molecule has 1 heterocycles. The van der Waals surface area contributed by atoms with E-state index in [9.17, 15) is 10.3 Å². The number of benzene rings is 1. The summed E-state index contributed by atoms with van der Waals surface area (Å²) >= 11 is 0. The SMILES string of the molecule is CCCCCCCCCCNCCc1c(O)n(O)c2ccccc12. The molecular formula is C20H32N2O2. The molecule has 0 aliphatic carbocycles. The first-order valence-electron chi connectivity index (χ1n) is 9.47. The molecule has 0 amide bonds. The van der Waals surface area contributed by atoms with Crippen LogP contribution in [0.4, 0.5) is 0 Å². The topological polar surface area (TPSA) is 57.4 Å². The first kappa shape index (κ1) is 18.7. The predicted octanol–water partition coefficient (Wildman–Crippen LogP) is 4.86. The molecule has 0 unspecified atom stereocenters. The molecule has 0 atom stereocenters. The Morgan fingerprint density at radius 3 is 2.33 bits per heavy atom. The predicted molar refractivity (Wildman–Crippen MR) is 100.0 cm³/mol. The van der Waals surface area contributed by atoms with E-state index in [0.717, 1.165) is 35.2 Å². The van der Waals surface area contributed by atoms with Crippen molar-refractivity contribution in [2.24, 2.45) is 0 Å². The number of fused-ring (bicyclic) bond motifs is 1. The fourth-order valence-corrected chi connectivity index (χ4v) is 3.24. The Morgan fingerprint density at radius 1 is 0.917 bits per heavy atom. The molecule has 2 rings (SSSR count). The van der Waals surface area contributed by atoms with Gasteiger partial charge in [0.2, 0.25) is 5.88 Å². The van der Waals surface area contributed by atoms with Crippen molar-refractivity contribution in [3.05, 3.63) is 29.8 Å². The molecular weight excluding hydrogens is 300 g/mol. The van der Waals surface area contributed by atoms with Gasteiger partial charge in [0.05, 0.1) is 5.52 Å². The zero-order valence-corrected chi connectivity index (χ0v) is 14.9. The maximum atomic E-state index is 10.1. The van der Waals surface area contributed by atoms with Crippen LogP contribution >= 0.6 is 0 Å². The van der Waals surface area contributed by atoms with E-state index in [0.29, 0.717) is 5.52 Å². The van der Waals surface area contributed by atoms with Crippen molar-refractivity contribution >= 4 is 10.9 Å². The first-order valence-corrected chi connectivity index (χ1v) is 9.47. The maximum Gasteiger partial charge on any atom is 0.229 e. The minimum atomic E-state index is -0.0370. The molecule has 0 radical (unpaired) electrons. The molecule has 0 aliphatic heterocycles. The van der Waals surface area contributed by atoms with Crippen molar-refractivity contribution in [2.75, 3.05) is 13.1 Å². The van der Waals surface area contributed by atoms with E-state index in [4.69, 9.17) is 0 Å². The highest BCUT2D eigenvalue weighted by Gasteiger charge is 2.14. The Balaban J connectivity index is 1.61. The Kier molecular flexibility index (Phi) is 7.96. The molecule has 3 N–H and O–H groups in total. The lowest BCUT2D eigenvalue weighted by molar-refractivity contribution is 0.166. The van der Waals surface area contributed by atoms with E-state index >= 15 is 0 Å². The van der Waals surface area contributed by atoms with E-state index in [2.05, 4.69) is 12.2 Å². The molecule has 0 bridgehead atoms. The van der Waals surface area contributed by atoms with E-state index in [-0.39, 0.29) is 5.88 Å². The number of rotatable bonds is 12. The highest BCUT2D eigenvalue weighted by atomic mass is 16.5. The summed E-state index contributed by atoms with van der Waals surface area (Å²) in [7, 11) is 0. The molecule has 2 aromatic rings. The lowest BCUT2D eigenvalue weighted by Gasteiger charge is -2.05. The highest BCUT2D eigenvalue weighted by Crippen LogP contribution is 2.29. The van der Waals surface area contributed by atoms with Crippen LogP contribution in [0.3, 0.4) is 0 Å². The van der Waals surface area contributed by atoms with Crippen molar-refractivity contribution in [2.45, 2.75) is 64.7 Å². The molecule has 134 valence electrons. The zero-order chi connectivity index (χ0) is 17.2. The summed E-state index contributed by atoms with van der Waals surface area (Å²) in [5, 5.41) is 24.3. The molecule has 0 fully saturated rings. The number of aromatic hydroxyl groups is 1. The monoisotopic (exact) mass is 332 g/mol. The average molecular weight is 332 g/mol. The van der Waals surface area contributed by atoms with Crippen molar-refractivity contribution in [1.29, 1.82) is 0 Å². The second kappa shape index (κ2) is 10.2. The number of aromatic nitrogens is 1. The third kappa shape index (κ3) is 5.17. The second-order valence-corrected chi connectivity index (χ2v) is 6.61. The van der Waals surface area contributed by atoms with Gasteiger partial charge >= 0.3 is 0 Å². The van der Waals surface area contributed by atoms with Gasteiger partial charge in [-0.1, -0.05) is 70.1 Å². The Bertz CT molecular complexity index is 607. The van der Waals surface area contributed by atoms with Gasteiger partial charge in [0.1, 0.15) is 0 Å². The minimum Gasteiger partial charge on any atom is -0.492 e. The highest BCUT2D eigenvalue weighted by molar-refractivity contribution is 5.86. The van der Waals surface area contributed by atoms with E-state index < -0.39 is 0 Å². The third-order valence-corrected chi connectivity index (χ3v) is 4.69. The van der Waals surface area contributed by atoms with Crippen molar-refractivity contribution in [3.8, 4) is 5.88 Å². The summed E-state index contributed by atoms with van der Waals surface area (Å²) in [4.78, 5) is 0.